The van der Waals surface area contributed by atoms with Crippen LogP contribution in [0.2, 0.25) is 0 Å². The van der Waals surface area contributed by atoms with Gasteiger partial charge in [0.25, 0.3) is 11.8 Å². The van der Waals surface area contributed by atoms with Gasteiger partial charge in [0, 0.05) is 39.3 Å². The molecule has 3 amide bonds. The van der Waals surface area contributed by atoms with Crippen molar-refractivity contribution in [1.29, 1.82) is 0 Å². The number of benzene rings is 1. The van der Waals surface area contributed by atoms with Crippen LogP contribution < -0.4 is 0 Å². The highest BCUT2D eigenvalue weighted by atomic mass is 16.2. The first-order valence-electron chi connectivity index (χ1n) is 8.35. The Labute approximate surface area is 148 Å². The standard InChI is InChI=1S/C19H25N3O3/c1-14(2)13-17(23)21(4)11-9-20(3)10-12-22-18(24)15-7-5-6-8-16(15)19(22)25/h5-8,13H,9-12H2,1-4H3. The summed E-state index contributed by atoms with van der Waals surface area (Å²) in [5.41, 5.74) is 1.92. The van der Waals surface area contributed by atoms with Crippen LogP contribution in [-0.4, -0.2) is 72.7 Å². The Kier molecular flexibility index (Phi) is 6.09. The third kappa shape index (κ3) is 4.54. The lowest BCUT2D eigenvalue weighted by atomic mass is 10.1. The van der Waals surface area contributed by atoms with Crippen LogP contribution in [0.1, 0.15) is 34.6 Å². The minimum Gasteiger partial charge on any atom is -0.341 e. The highest BCUT2D eigenvalue weighted by Gasteiger charge is 2.34. The zero-order valence-electron chi connectivity index (χ0n) is 15.3. The molecule has 1 aliphatic rings. The first-order chi connectivity index (χ1) is 11.8. The summed E-state index contributed by atoms with van der Waals surface area (Å²) < 4.78 is 0. The molecule has 0 spiro atoms. The van der Waals surface area contributed by atoms with Crippen LogP contribution in [0, 0.1) is 0 Å². The van der Waals surface area contributed by atoms with Crippen molar-refractivity contribution >= 4 is 17.7 Å². The molecule has 0 aromatic heterocycles. The van der Waals surface area contributed by atoms with Crippen LogP contribution in [0.3, 0.4) is 0 Å². The third-order valence-electron chi connectivity index (χ3n) is 4.19. The fraction of sp³-hybridized carbons (Fsp3) is 0.421. The zero-order valence-corrected chi connectivity index (χ0v) is 15.3. The van der Waals surface area contributed by atoms with E-state index in [0.717, 1.165) is 5.57 Å². The van der Waals surface area contributed by atoms with Crippen molar-refractivity contribution in [2.24, 2.45) is 0 Å². The van der Waals surface area contributed by atoms with Crippen LogP contribution in [0.4, 0.5) is 0 Å². The Hall–Kier alpha value is -2.47. The van der Waals surface area contributed by atoms with Crippen LogP contribution in [-0.2, 0) is 4.79 Å². The molecule has 6 nitrogen and oxygen atoms in total. The Bertz CT molecular complexity index is 673. The topological polar surface area (TPSA) is 60.9 Å². The predicted molar refractivity (Wildman–Crippen MR) is 96.4 cm³/mol. The maximum absolute atomic E-state index is 12.3. The van der Waals surface area contributed by atoms with Gasteiger partial charge < -0.3 is 9.80 Å². The van der Waals surface area contributed by atoms with Gasteiger partial charge in [-0.3, -0.25) is 19.3 Å². The third-order valence-corrected chi connectivity index (χ3v) is 4.19. The van der Waals surface area contributed by atoms with Crippen molar-refractivity contribution in [2.45, 2.75) is 13.8 Å². The number of hydrogen-bond donors (Lipinski definition) is 0. The largest absolute Gasteiger partial charge is 0.341 e. The number of carbonyl (C=O) groups excluding carboxylic acids is 3. The molecular weight excluding hydrogens is 318 g/mol. The zero-order chi connectivity index (χ0) is 18.6. The van der Waals surface area contributed by atoms with Gasteiger partial charge in [-0.05, 0) is 33.0 Å². The quantitative estimate of drug-likeness (QED) is 0.558. The number of amides is 3. The van der Waals surface area contributed by atoms with Gasteiger partial charge in [-0.15, -0.1) is 0 Å². The summed E-state index contributed by atoms with van der Waals surface area (Å²) in [7, 11) is 3.68. The van der Waals surface area contributed by atoms with Crippen LogP contribution in [0.15, 0.2) is 35.9 Å². The smallest absolute Gasteiger partial charge is 0.261 e. The second-order valence-corrected chi connectivity index (χ2v) is 6.59. The van der Waals surface area contributed by atoms with Gasteiger partial charge >= 0.3 is 0 Å². The summed E-state index contributed by atoms with van der Waals surface area (Å²) in [5.74, 6) is -0.483. The molecule has 1 aromatic rings. The van der Waals surface area contributed by atoms with Crippen molar-refractivity contribution < 1.29 is 14.4 Å². The molecule has 0 N–H and O–H groups in total. The Morgan fingerprint density at radius 1 is 1.00 bits per heavy atom. The van der Waals surface area contributed by atoms with Crippen molar-refractivity contribution in [1.82, 2.24) is 14.7 Å². The number of fused-ring (bicyclic) bond motifs is 1. The molecule has 25 heavy (non-hydrogen) atoms. The molecule has 0 aliphatic carbocycles. The summed E-state index contributed by atoms with van der Waals surface area (Å²) in [6, 6.07) is 6.89. The lowest BCUT2D eigenvalue weighted by molar-refractivity contribution is -0.125. The maximum Gasteiger partial charge on any atom is 0.261 e. The number of rotatable bonds is 7. The molecule has 1 aliphatic heterocycles. The average molecular weight is 343 g/mol. The first-order valence-corrected chi connectivity index (χ1v) is 8.35. The lowest BCUT2D eigenvalue weighted by Crippen LogP contribution is -2.40. The van der Waals surface area contributed by atoms with E-state index in [2.05, 4.69) is 0 Å². The van der Waals surface area contributed by atoms with Crippen LogP contribution >= 0.6 is 0 Å². The van der Waals surface area contributed by atoms with Gasteiger partial charge in [-0.2, -0.15) is 0 Å². The number of hydrogen-bond acceptors (Lipinski definition) is 4. The molecule has 0 fully saturated rings. The molecule has 2 rings (SSSR count). The van der Waals surface area contributed by atoms with Crippen LogP contribution in [0.25, 0.3) is 0 Å². The van der Waals surface area contributed by atoms with Gasteiger partial charge in [0.15, 0.2) is 0 Å². The minimum absolute atomic E-state index is 0.0197. The van der Waals surface area contributed by atoms with E-state index in [1.165, 1.54) is 4.90 Å². The SMILES string of the molecule is CC(C)=CC(=O)N(C)CCN(C)CCN1C(=O)c2ccccc2C1=O. The molecule has 6 heteroatoms. The van der Waals surface area contributed by atoms with Gasteiger partial charge in [0.05, 0.1) is 11.1 Å². The molecule has 134 valence electrons. The number of allylic oxidation sites excluding steroid dienone is 1. The van der Waals surface area contributed by atoms with E-state index in [1.807, 2.05) is 25.8 Å². The van der Waals surface area contributed by atoms with E-state index in [1.54, 1.807) is 42.3 Å². The molecule has 0 saturated heterocycles. The number of carbonyl (C=O) groups is 3. The summed E-state index contributed by atoms with van der Waals surface area (Å²) in [4.78, 5) is 41.4. The Balaban J connectivity index is 1.82. The highest BCUT2D eigenvalue weighted by Crippen LogP contribution is 2.21. The average Bonchev–Trinajstić information content (AvgIpc) is 2.81. The first kappa shape index (κ1) is 18.9. The number of likely N-dealkylation sites (N-methyl/N-ethyl adjacent to an activating group) is 2. The molecule has 0 bridgehead atoms. The van der Waals surface area contributed by atoms with Gasteiger partial charge in [0.1, 0.15) is 0 Å². The summed E-state index contributed by atoms with van der Waals surface area (Å²) >= 11 is 0. The Morgan fingerprint density at radius 3 is 2.08 bits per heavy atom. The molecule has 0 radical (unpaired) electrons. The van der Waals surface area contributed by atoms with Crippen molar-refractivity contribution in [2.75, 3.05) is 40.3 Å². The van der Waals surface area contributed by atoms with Crippen molar-refractivity contribution in [3.63, 3.8) is 0 Å². The van der Waals surface area contributed by atoms with Gasteiger partial charge in [-0.25, -0.2) is 0 Å². The van der Waals surface area contributed by atoms with E-state index >= 15 is 0 Å². The van der Waals surface area contributed by atoms with Gasteiger partial charge in [-0.1, -0.05) is 17.7 Å². The molecule has 0 atom stereocenters. The maximum atomic E-state index is 12.3. The molecule has 1 aromatic carbocycles. The molecule has 0 saturated carbocycles. The summed E-state index contributed by atoms with van der Waals surface area (Å²) in [6.45, 7) is 5.94. The number of nitrogens with zero attached hydrogens (tertiary/aromatic N) is 3. The normalized spacial score (nSPS) is 13.2. The Morgan fingerprint density at radius 2 is 1.56 bits per heavy atom. The van der Waals surface area contributed by atoms with Crippen molar-refractivity contribution in [3.8, 4) is 0 Å². The fourth-order valence-corrected chi connectivity index (χ4v) is 2.61. The van der Waals surface area contributed by atoms with E-state index in [4.69, 9.17) is 0 Å². The van der Waals surface area contributed by atoms with Crippen molar-refractivity contribution in [3.05, 3.63) is 47.0 Å². The number of imide groups is 1. The molecule has 0 unspecified atom stereocenters. The minimum atomic E-state index is -0.232. The van der Waals surface area contributed by atoms with E-state index in [9.17, 15) is 14.4 Å². The summed E-state index contributed by atoms with van der Waals surface area (Å²) in [5, 5.41) is 0. The molecular formula is C19H25N3O3. The fourth-order valence-electron chi connectivity index (χ4n) is 2.61. The molecule has 1 heterocycles. The van der Waals surface area contributed by atoms with E-state index < -0.39 is 0 Å². The highest BCUT2D eigenvalue weighted by molar-refractivity contribution is 6.21. The van der Waals surface area contributed by atoms with E-state index in [-0.39, 0.29) is 17.7 Å². The predicted octanol–water partition coefficient (Wildman–Crippen LogP) is 1.64. The monoisotopic (exact) mass is 343 g/mol. The second-order valence-electron chi connectivity index (χ2n) is 6.59. The second kappa shape index (κ2) is 8.07. The lowest BCUT2D eigenvalue weighted by Gasteiger charge is -2.23. The van der Waals surface area contributed by atoms with Gasteiger partial charge in [0.2, 0.25) is 5.91 Å². The van der Waals surface area contributed by atoms with E-state index in [0.29, 0.717) is 37.3 Å². The van der Waals surface area contributed by atoms with Crippen LogP contribution in [0.5, 0.6) is 0 Å². The summed E-state index contributed by atoms with van der Waals surface area (Å²) in [6.07, 6.45) is 1.61.